The molecule has 13 heteroatoms. The Kier molecular flexibility index (Phi) is 11.2. The van der Waals surface area contributed by atoms with Crippen LogP contribution in [0.3, 0.4) is 0 Å². The normalized spacial score (nSPS) is 10.1. The number of Topliss-reactive ketones (excluding diaryl/α,β-unsaturated/α-hetero) is 2. The molecule has 0 aliphatic rings. The van der Waals surface area contributed by atoms with Gasteiger partial charge < -0.3 is 11.1 Å². The van der Waals surface area contributed by atoms with Crippen molar-refractivity contribution in [3.05, 3.63) is 94.1 Å². The zero-order valence-electron chi connectivity index (χ0n) is 23.3. The molecule has 0 atom stereocenters. The number of nitrogen functional groups attached to an aromatic ring is 1. The Hall–Kier alpha value is -4.71. The van der Waals surface area contributed by atoms with Crippen molar-refractivity contribution in [2.45, 2.75) is 27.7 Å². The van der Waals surface area contributed by atoms with Crippen LogP contribution in [0.25, 0.3) is 0 Å². The summed E-state index contributed by atoms with van der Waals surface area (Å²) in [4.78, 5) is 45.0. The number of benzene rings is 2. The molecule has 4 rings (SSSR count). The highest BCUT2D eigenvalue weighted by atomic mass is 35.5. The molecular weight excluding hydrogens is 558 g/mol. The van der Waals surface area contributed by atoms with Crippen LogP contribution in [0.15, 0.2) is 48.5 Å². The topological polar surface area (TPSA) is 142 Å². The lowest BCUT2D eigenvalue weighted by Gasteiger charge is -2.08. The minimum absolute atomic E-state index is 0.0121. The zero-order valence-corrected chi connectivity index (χ0v) is 24.0. The number of carbonyl (C=O) groups excluding carboxylic acids is 4. The monoisotopic (exact) mass is 586 g/mol. The molecule has 3 N–H and O–H groups in total. The molecule has 10 nitrogen and oxygen atoms in total. The third-order valence-electron chi connectivity index (χ3n) is 5.62. The summed E-state index contributed by atoms with van der Waals surface area (Å²) >= 11 is 5.09. The number of nitrogens with one attached hydrogen (secondary N) is 1. The highest BCUT2D eigenvalue weighted by Crippen LogP contribution is 2.19. The van der Waals surface area contributed by atoms with Gasteiger partial charge >= 0.3 is 0 Å². The van der Waals surface area contributed by atoms with Crippen LogP contribution in [0.2, 0.25) is 0 Å². The van der Waals surface area contributed by atoms with Crippen molar-refractivity contribution in [1.29, 1.82) is 0 Å². The van der Waals surface area contributed by atoms with Crippen molar-refractivity contribution >= 4 is 45.7 Å². The average Bonchev–Trinajstić information content (AvgIpc) is 3.30. The Labute approximate surface area is 240 Å². The quantitative estimate of drug-likeness (QED) is 0.189. The van der Waals surface area contributed by atoms with E-state index >= 15 is 0 Å². The van der Waals surface area contributed by atoms with Crippen LogP contribution < -0.4 is 11.1 Å². The molecule has 0 saturated heterocycles. The number of rotatable bonds is 5. The van der Waals surface area contributed by atoms with E-state index in [2.05, 4.69) is 15.5 Å². The Balaban J connectivity index is 0.000000236. The lowest BCUT2D eigenvalue weighted by Crippen LogP contribution is -2.16. The van der Waals surface area contributed by atoms with Crippen LogP contribution >= 0.6 is 11.6 Å². The highest BCUT2D eigenvalue weighted by molar-refractivity contribution is 6.67. The van der Waals surface area contributed by atoms with Crippen LogP contribution in [0.1, 0.15) is 66.7 Å². The summed E-state index contributed by atoms with van der Waals surface area (Å²) in [6.45, 7) is 5.99. The predicted molar refractivity (Wildman–Crippen MR) is 151 cm³/mol. The van der Waals surface area contributed by atoms with Crippen LogP contribution in [0.5, 0.6) is 0 Å². The number of aryl methyl sites for hydroxylation is 4. The molecule has 0 radical (unpaired) electrons. The number of hydrogen-bond acceptors (Lipinski definition) is 7. The summed E-state index contributed by atoms with van der Waals surface area (Å²) in [6, 6.07) is 13.6. The number of nitrogens with two attached hydrogens (primary N) is 1. The summed E-state index contributed by atoms with van der Waals surface area (Å²) in [5, 5.41) is 9.25. The molecule has 0 aliphatic carbocycles. The first-order chi connectivity index (χ1) is 19.2. The van der Waals surface area contributed by atoms with E-state index in [1.165, 1.54) is 34.9 Å². The van der Waals surface area contributed by atoms with Gasteiger partial charge in [0.1, 0.15) is 11.1 Å². The lowest BCUT2D eigenvalue weighted by atomic mass is 10.1. The number of halogens is 3. The maximum Gasteiger partial charge on any atom is 0.262 e. The number of anilines is 2. The molecule has 4 aromatic rings. The second kappa shape index (κ2) is 14.1. The molecule has 0 spiro atoms. The van der Waals surface area contributed by atoms with Gasteiger partial charge in [-0.1, -0.05) is 24.3 Å². The fourth-order valence-electron chi connectivity index (χ4n) is 3.64. The number of carbonyl (C=O) groups is 4. The summed E-state index contributed by atoms with van der Waals surface area (Å²) in [6.07, 6.45) is 0. The van der Waals surface area contributed by atoms with E-state index in [0.29, 0.717) is 33.9 Å². The maximum absolute atomic E-state index is 13.8. The van der Waals surface area contributed by atoms with Gasteiger partial charge in [0, 0.05) is 30.9 Å². The first kappa shape index (κ1) is 32.5. The molecule has 0 aliphatic heterocycles. The summed E-state index contributed by atoms with van der Waals surface area (Å²) < 4.78 is 28.7. The molecule has 2 aromatic heterocycles. The molecule has 0 bridgehead atoms. The standard InChI is InChI=1S/C14H14FN3O2.C8H9NO.C6H6ClFN2O/c1-8-12(13(15)18(3)17-8)14(20)16-11-7-5-4-6-10(11)9(2)19;1-6(10)7-4-2-3-5-8(7)9;1-3-4(5(7)11)6(8)10(2)9-3/h4-7H,1-3H3,(H,16,20);2-5H,9H2,1H3;1-2H3. The number of nitrogens with zero attached hydrogens (tertiary/aromatic N) is 4. The van der Waals surface area contributed by atoms with Gasteiger partial charge in [0.2, 0.25) is 11.9 Å². The lowest BCUT2D eigenvalue weighted by molar-refractivity contribution is 0.100. The Bertz CT molecular complexity index is 1610. The number of amides is 1. The number of aromatic nitrogens is 4. The molecule has 0 unspecified atom stereocenters. The van der Waals surface area contributed by atoms with Gasteiger partial charge in [0.05, 0.1) is 17.1 Å². The number of para-hydroxylation sites is 2. The van der Waals surface area contributed by atoms with Crippen LogP contribution in [0.4, 0.5) is 20.2 Å². The van der Waals surface area contributed by atoms with Crippen molar-refractivity contribution in [1.82, 2.24) is 19.6 Å². The molecule has 0 fully saturated rings. The minimum atomic E-state index is -0.812. The van der Waals surface area contributed by atoms with Crippen molar-refractivity contribution in [2.75, 3.05) is 11.1 Å². The second-order valence-electron chi connectivity index (χ2n) is 8.72. The summed E-state index contributed by atoms with van der Waals surface area (Å²) in [5.41, 5.74) is 7.72. The number of ketones is 2. The Morgan fingerprint density at radius 3 is 1.59 bits per heavy atom. The number of hydrogen-bond donors (Lipinski definition) is 2. The second-order valence-corrected chi connectivity index (χ2v) is 9.07. The summed E-state index contributed by atoms with van der Waals surface area (Å²) in [7, 11) is 2.83. The SMILES string of the molecule is CC(=O)c1ccccc1N.CC(=O)c1ccccc1NC(=O)c1c(C)nn(C)c1F.Cc1nn(C)c(F)c1C(=O)Cl. The van der Waals surface area contributed by atoms with Gasteiger partial charge in [-0.3, -0.25) is 19.2 Å². The molecular formula is C28H29ClF2N6O4. The van der Waals surface area contributed by atoms with Gasteiger partial charge in [0.25, 0.3) is 11.1 Å². The highest BCUT2D eigenvalue weighted by Gasteiger charge is 2.21. The van der Waals surface area contributed by atoms with Gasteiger partial charge in [-0.25, -0.2) is 9.36 Å². The third-order valence-corrected chi connectivity index (χ3v) is 5.81. The van der Waals surface area contributed by atoms with E-state index in [1.807, 2.05) is 6.07 Å². The summed E-state index contributed by atoms with van der Waals surface area (Å²) in [5.74, 6) is -2.19. The van der Waals surface area contributed by atoms with Crippen molar-refractivity contribution in [2.24, 2.45) is 14.1 Å². The van der Waals surface area contributed by atoms with Crippen LogP contribution in [-0.4, -0.2) is 42.3 Å². The fourth-order valence-corrected chi connectivity index (χ4v) is 3.86. The van der Waals surface area contributed by atoms with Crippen molar-refractivity contribution < 1.29 is 28.0 Å². The largest absolute Gasteiger partial charge is 0.398 e. The fraction of sp³-hybridized carbons (Fsp3) is 0.214. The third kappa shape index (κ3) is 8.15. The van der Waals surface area contributed by atoms with E-state index in [-0.39, 0.29) is 22.7 Å². The van der Waals surface area contributed by atoms with Gasteiger partial charge in [-0.15, -0.1) is 0 Å². The van der Waals surface area contributed by atoms with Crippen LogP contribution in [0, 0.1) is 25.7 Å². The van der Waals surface area contributed by atoms with E-state index < -0.39 is 23.0 Å². The van der Waals surface area contributed by atoms with E-state index in [1.54, 1.807) is 49.4 Å². The first-order valence-corrected chi connectivity index (χ1v) is 12.4. The smallest absolute Gasteiger partial charge is 0.262 e. The van der Waals surface area contributed by atoms with Crippen molar-refractivity contribution in [3.8, 4) is 0 Å². The minimum Gasteiger partial charge on any atom is -0.398 e. The Morgan fingerprint density at radius 1 is 0.780 bits per heavy atom. The molecule has 0 saturated carbocycles. The molecule has 216 valence electrons. The van der Waals surface area contributed by atoms with Gasteiger partial charge in [-0.05, 0) is 63.6 Å². The van der Waals surface area contributed by atoms with Crippen LogP contribution in [-0.2, 0) is 14.1 Å². The van der Waals surface area contributed by atoms with Gasteiger partial charge in [-0.2, -0.15) is 19.0 Å². The molecule has 2 aromatic carbocycles. The van der Waals surface area contributed by atoms with Gasteiger partial charge in [0.15, 0.2) is 11.6 Å². The predicted octanol–water partition coefficient (Wildman–Crippen LogP) is 5.04. The average molecular weight is 587 g/mol. The van der Waals surface area contributed by atoms with E-state index in [0.717, 1.165) is 9.36 Å². The maximum atomic E-state index is 13.8. The first-order valence-electron chi connectivity index (χ1n) is 12.0. The molecule has 2 heterocycles. The van der Waals surface area contributed by atoms with E-state index in [9.17, 15) is 28.0 Å². The van der Waals surface area contributed by atoms with E-state index in [4.69, 9.17) is 17.3 Å². The molecule has 1 amide bonds. The molecule has 41 heavy (non-hydrogen) atoms. The van der Waals surface area contributed by atoms with Crippen molar-refractivity contribution in [3.63, 3.8) is 0 Å². The Morgan fingerprint density at radius 2 is 1.22 bits per heavy atom. The zero-order chi connectivity index (χ0) is 31.0.